The van der Waals surface area contributed by atoms with Crippen LogP contribution in [0.2, 0.25) is 0 Å². The van der Waals surface area contributed by atoms with E-state index in [1.165, 1.54) is 18.4 Å². The van der Waals surface area contributed by atoms with Gasteiger partial charge in [-0.1, -0.05) is 24.3 Å². The maximum atomic E-state index is 13.0. The number of allylic oxidation sites excluding steroid dienone is 1. The molecule has 2 saturated heterocycles. The van der Waals surface area contributed by atoms with Gasteiger partial charge in [0.05, 0.1) is 6.20 Å². The van der Waals surface area contributed by atoms with E-state index in [0.29, 0.717) is 35.4 Å². The lowest BCUT2D eigenvalue weighted by atomic mass is 10.3. The Bertz CT molecular complexity index is 1320. The lowest BCUT2D eigenvalue weighted by Gasteiger charge is -2.24. The second-order valence-corrected chi connectivity index (χ2v) is 9.89. The van der Waals surface area contributed by atoms with Crippen LogP contribution in [-0.4, -0.2) is 52.1 Å². The van der Waals surface area contributed by atoms with Crippen LogP contribution in [0, 0.1) is 0 Å². The average molecular weight is 529 g/mol. The van der Waals surface area contributed by atoms with Gasteiger partial charge in [0.2, 0.25) is 0 Å². The van der Waals surface area contributed by atoms with E-state index in [4.69, 9.17) is 17.0 Å². The molecule has 1 aromatic heterocycles. The molecule has 3 heterocycles. The quantitative estimate of drug-likeness (QED) is 0.350. The molecule has 2 N–H and O–H groups in total. The number of hydrogen-bond acceptors (Lipinski definition) is 6. The van der Waals surface area contributed by atoms with Crippen molar-refractivity contribution in [2.24, 2.45) is 0 Å². The van der Waals surface area contributed by atoms with Crippen molar-refractivity contribution < 1.29 is 9.53 Å². The van der Waals surface area contributed by atoms with Gasteiger partial charge in [-0.2, -0.15) is 0 Å². The normalized spacial score (nSPS) is 15.0. The van der Waals surface area contributed by atoms with Crippen molar-refractivity contribution in [1.82, 2.24) is 14.8 Å². The monoisotopic (exact) mass is 528 g/mol. The predicted molar refractivity (Wildman–Crippen MR) is 156 cm³/mol. The number of urea groups is 1. The van der Waals surface area contributed by atoms with E-state index in [1.807, 2.05) is 65.6 Å². The number of ether oxygens (including phenoxy) is 1. The molecule has 3 aromatic rings. The zero-order valence-corrected chi connectivity index (χ0v) is 22.5. The van der Waals surface area contributed by atoms with Gasteiger partial charge in [0.15, 0.2) is 5.11 Å². The molecule has 196 valence electrons. The molecule has 2 aliphatic heterocycles. The third-order valence-electron chi connectivity index (χ3n) is 6.52. The predicted octanol–water partition coefficient (Wildman–Crippen LogP) is 6.27. The van der Waals surface area contributed by atoms with E-state index in [1.54, 1.807) is 17.2 Å². The minimum atomic E-state index is -0.268. The zero-order valence-electron chi connectivity index (χ0n) is 21.7. The first-order valence-corrected chi connectivity index (χ1v) is 13.3. The number of carbonyl (C=O) groups excluding carboxylic acids is 1. The number of para-hydroxylation sites is 1. The van der Waals surface area contributed by atoms with Gasteiger partial charge in [-0.3, -0.25) is 4.90 Å². The number of hydrogen-bond donors (Lipinski definition) is 2. The third kappa shape index (κ3) is 5.89. The number of anilines is 3. The van der Waals surface area contributed by atoms with E-state index in [-0.39, 0.29) is 6.03 Å². The molecule has 0 atom stereocenters. The number of rotatable bonds is 7. The van der Waals surface area contributed by atoms with Crippen molar-refractivity contribution in [1.29, 1.82) is 0 Å². The highest BCUT2D eigenvalue weighted by Crippen LogP contribution is 2.27. The second-order valence-electron chi connectivity index (χ2n) is 9.53. The molecule has 5 rings (SSSR count). The average Bonchev–Trinajstić information content (AvgIpc) is 3.59. The Morgan fingerprint density at radius 3 is 2.39 bits per heavy atom. The fraction of sp³-hybridized carbons (Fsp3) is 0.276. The van der Waals surface area contributed by atoms with Crippen LogP contribution < -0.4 is 20.3 Å². The summed E-state index contributed by atoms with van der Waals surface area (Å²) in [5, 5.41) is 6.88. The molecule has 9 heteroatoms. The molecule has 0 unspecified atom stereocenters. The van der Waals surface area contributed by atoms with Gasteiger partial charge in [0.25, 0.3) is 0 Å². The van der Waals surface area contributed by atoms with Crippen molar-refractivity contribution in [2.75, 3.05) is 41.7 Å². The van der Waals surface area contributed by atoms with Crippen molar-refractivity contribution in [3.63, 3.8) is 0 Å². The van der Waals surface area contributed by atoms with Crippen LogP contribution in [0.25, 0.3) is 0 Å². The first kappa shape index (κ1) is 25.5. The highest BCUT2D eigenvalue weighted by molar-refractivity contribution is 7.80. The van der Waals surface area contributed by atoms with Crippen molar-refractivity contribution in [2.45, 2.75) is 26.7 Å². The molecule has 0 radical (unpaired) electrons. The molecule has 0 saturated carbocycles. The molecule has 38 heavy (non-hydrogen) atoms. The van der Waals surface area contributed by atoms with Crippen LogP contribution in [0.4, 0.5) is 22.0 Å². The first-order chi connectivity index (χ1) is 18.5. The molecule has 2 aromatic carbocycles. The first-order valence-electron chi connectivity index (χ1n) is 12.9. The fourth-order valence-corrected chi connectivity index (χ4v) is 5.01. The van der Waals surface area contributed by atoms with E-state index in [9.17, 15) is 4.79 Å². The standard InChI is InChI=1S/C29H32N6O2S/c1-21(2)27(33-15-6-7-16-33)32-26-14-13-25(20-30-26)37-24-12-8-9-22(19-24)31-28(36)35-18-17-34(29(35)38)23-10-4-3-5-11-23/h3-5,8-14,19-20H,6-7,15-18H2,1-2H3,(H,30,32)(H,31,36). The lowest BCUT2D eigenvalue weighted by Crippen LogP contribution is -2.38. The lowest BCUT2D eigenvalue weighted by molar-refractivity contribution is 0.237. The summed E-state index contributed by atoms with van der Waals surface area (Å²) in [5.74, 6) is 3.10. The van der Waals surface area contributed by atoms with Gasteiger partial charge in [-0.25, -0.2) is 9.78 Å². The van der Waals surface area contributed by atoms with Crippen LogP contribution in [0.5, 0.6) is 11.5 Å². The second kappa shape index (κ2) is 11.5. The number of carbonyl (C=O) groups is 1. The molecular formula is C29H32N6O2S. The van der Waals surface area contributed by atoms with E-state index >= 15 is 0 Å². The maximum absolute atomic E-state index is 13.0. The summed E-state index contributed by atoms with van der Waals surface area (Å²) in [6, 6.07) is 20.7. The van der Waals surface area contributed by atoms with Crippen molar-refractivity contribution >= 4 is 40.6 Å². The Kier molecular flexibility index (Phi) is 7.74. The van der Waals surface area contributed by atoms with Gasteiger partial charge in [-0.05, 0) is 80.9 Å². The Balaban J connectivity index is 1.19. The summed E-state index contributed by atoms with van der Waals surface area (Å²) < 4.78 is 6.02. The Morgan fingerprint density at radius 2 is 1.68 bits per heavy atom. The number of benzene rings is 2. The summed E-state index contributed by atoms with van der Waals surface area (Å²) >= 11 is 5.58. The summed E-state index contributed by atoms with van der Waals surface area (Å²) in [6.45, 7) is 7.53. The maximum Gasteiger partial charge on any atom is 0.328 e. The highest BCUT2D eigenvalue weighted by Gasteiger charge is 2.30. The summed E-state index contributed by atoms with van der Waals surface area (Å²) in [7, 11) is 0. The van der Waals surface area contributed by atoms with Crippen LogP contribution >= 0.6 is 12.2 Å². The van der Waals surface area contributed by atoms with Crippen LogP contribution in [0.3, 0.4) is 0 Å². The van der Waals surface area contributed by atoms with Gasteiger partial charge in [0.1, 0.15) is 23.1 Å². The number of aromatic nitrogens is 1. The van der Waals surface area contributed by atoms with E-state index < -0.39 is 0 Å². The molecule has 2 fully saturated rings. The molecule has 0 spiro atoms. The van der Waals surface area contributed by atoms with Crippen molar-refractivity contribution in [3.05, 3.63) is 84.3 Å². The Morgan fingerprint density at radius 1 is 0.895 bits per heavy atom. The SMILES string of the molecule is CC(C)=C(Nc1ccc(Oc2cccc(NC(=O)N3CCN(c4ccccc4)C3=S)c2)cn1)N1CCCC1. The number of likely N-dealkylation sites (tertiary alicyclic amines) is 1. The summed E-state index contributed by atoms with van der Waals surface area (Å²) in [4.78, 5) is 23.4. The van der Waals surface area contributed by atoms with Gasteiger partial charge in [0, 0.05) is 43.6 Å². The minimum absolute atomic E-state index is 0.268. The number of amides is 2. The zero-order chi connectivity index (χ0) is 26.5. The molecule has 0 bridgehead atoms. The summed E-state index contributed by atoms with van der Waals surface area (Å²) in [6.07, 6.45) is 4.13. The van der Waals surface area contributed by atoms with Crippen LogP contribution in [-0.2, 0) is 0 Å². The Hall–Kier alpha value is -4.11. The van der Waals surface area contributed by atoms with Gasteiger partial charge < -0.3 is 25.2 Å². The topological polar surface area (TPSA) is 73.0 Å². The van der Waals surface area contributed by atoms with Crippen LogP contribution in [0.1, 0.15) is 26.7 Å². The third-order valence-corrected chi connectivity index (χ3v) is 6.96. The van der Waals surface area contributed by atoms with E-state index in [0.717, 1.165) is 30.4 Å². The van der Waals surface area contributed by atoms with E-state index in [2.05, 4.69) is 34.4 Å². The molecule has 0 aliphatic carbocycles. The molecule has 2 amide bonds. The number of pyridine rings is 1. The largest absolute Gasteiger partial charge is 0.456 e. The minimum Gasteiger partial charge on any atom is -0.456 e. The van der Waals surface area contributed by atoms with Gasteiger partial charge >= 0.3 is 6.03 Å². The molecule has 2 aliphatic rings. The van der Waals surface area contributed by atoms with Crippen LogP contribution in [0.15, 0.2) is 84.3 Å². The Labute approximate surface area is 228 Å². The summed E-state index contributed by atoms with van der Waals surface area (Å²) in [5.41, 5.74) is 2.83. The fourth-order valence-electron chi connectivity index (χ4n) is 4.63. The number of nitrogens with one attached hydrogen (secondary N) is 2. The van der Waals surface area contributed by atoms with Gasteiger partial charge in [-0.15, -0.1) is 0 Å². The van der Waals surface area contributed by atoms with Crippen molar-refractivity contribution in [3.8, 4) is 11.5 Å². The molecular weight excluding hydrogens is 496 g/mol. The smallest absolute Gasteiger partial charge is 0.328 e. The highest BCUT2D eigenvalue weighted by atomic mass is 32.1. The molecule has 8 nitrogen and oxygen atoms in total. The number of thiocarbonyl (C=S) groups is 1. The number of nitrogens with zero attached hydrogens (tertiary/aromatic N) is 4.